The summed E-state index contributed by atoms with van der Waals surface area (Å²) in [5, 5.41) is 30.2. The Morgan fingerprint density at radius 3 is 0.976 bits per heavy atom. The highest BCUT2D eigenvalue weighted by molar-refractivity contribution is 6.28. The van der Waals surface area contributed by atoms with Gasteiger partial charge in [0.25, 0.3) is 0 Å². The van der Waals surface area contributed by atoms with Crippen molar-refractivity contribution in [3.8, 4) is 28.3 Å². The summed E-state index contributed by atoms with van der Waals surface area (Å²) < 4.78 is 5.09. The van der Waals surface area contributed by atoms with E-state index in [1.54, 1.807) is 0 Å². The predicted octanol–water partition coefficient (Wildman–Crippen LogP) is 23.0. The van der Waals surface area contributed by atoms with Gasteiger partial charge in [-0.05, 0) is 220 Å². The van der Waals surface area contributed by atoms with Crippen LogP contribution in [0.1, 0.15) is 132 Å². The van der Waals surface area contributed by atoms with Gasteiger partial charge in [-0.2, -0.15) is 5.26 Å². The molecule has 84 heavy (non-hydrogen) atoms. The summed E-state index contributed by atoms with van der Waals surface area (Å²) in [6.07, 6.45) is 2.19. The fourth-order valence-corrected chi connectivity index (χ4v) is 14.5. The molecule has 406 valence electrons. The van der Waals surface area contributed by atoms with Crippen molar-refractivity contribution in [2.24, 2.45) is 0 Å². The van der Waals surface area contributed by atoms with Crippen molar-refractivity contribution in [1.29, 1.82) is 5.26 Å². The van der Waals surface area contributed by atoms with Crippen molar-refractivity contribution in [3.05, 3.63) is 228 Å². The second-order valence-corrected chi connectivity index (χ2v) is 26.6. The van der Waals surface area contributed by atoms with Gasteiger partial charge in [-0.1, -0.05) is 172 Å². The molecule has 0 saturated heterocycles. The maximum absolute atomic E-state index is 9.65. The smallest absolute Gasteiger partial charge is 0.0991 e. The molecule has 3 nitrogen and oxygen atoms in total. The maximum Gasteiger partial charge on any atom is 0.0991 e. The Balaban J connectivity index is 0.746. The number of aromatic nitrogens is 2. The first-order valence-corrected chi connectivity index (χ1v) is 30.5. The molecule has 3 heteroatoms. The van der Waals surface area contributed by atoms with Gasteiger partial charge in [0.1, 0.15) is 0 Å². The molecule has 12 aromatic carbocycles. The Kier molecular flexibility index (Phi) is 11.1. The zero-order chi connectivity index (χ0) is 57.2. The molecule has 0 aliphatic rings. The van der Waals surface area contributed by atoms with E-state index < -0.39 is 0 Å². The second kappa shape index (κ2) is 18.4. The van der Waals surface area contributed by atoms with Gasteiger partial charge in [-0.25, -0.2) is 0 Å². The minimum atomic E-state index is 0.0908. The molecular weight excluding hydrogens is 1010 g/mol. The summed E-state index contributed by atoms with van der Waals surface area (Å²) in [6.45, 7) is 20.8. The van der Waals surface area contributed by atoms with E-state index in [1.807, 2.05) is 12.1 Å². The van der Waals surface area contributed by atoms with Gasteiger partial charge in [-0.3, -0.25) is 0 Å². The lowest BCUT2D eigenvalue weighted by atomic mass is 9.86. The lowest BCUT2D eigenvalue weighted by Crippen LogP contribution is -2.10. The van der Waals surface area contributed by atoms with E-state index >= 15 is 0 Å². The summed E-state index contributed by atoms with van der Waals surface area (Å²) in [7, 11) is 0. The fraction of sp³-hybridized carbons (Fsp3) is 0.198. The molecule has 0 amide bonds. The highest BCUT2D eigenvalue weighted by Crippen LogP contribution is 2.47. The summed E-state index contributed by atoms with van der Waals surface area (Å²) in [5.41, 5.74) is 20.0. The Hall–Kier alpha value is -9.23. The van der Waals surface area contributed by atoms with Crippen LogP contribution in [0.3, 0.4) is 0 Å². The average molecular weight is 1080 g/mol. The SMILES string of the molecule is CC(C)c1ccc2cc3c(cc2c1)c1cc(-c2ccc(C#N)cc2)cc2c4cc5cc(C(C)CCC(C)c6ccc7cc8c(cc7c6)c6cc(-c7ccc(C(C)(C)C)cc7)cc7c9cc%10cc(C(C)C)ccc%10cc9n8c76)ccc5cc4n3c12. The van der Waals surface area contributed by atoms with Crippen LogP contribution >= 0.6 is 0 Å². The Labute approximate surface area is 490 Å². The van der Waals surface area contributed by atoms with Crippen molar-refractivity contribution in [2.45, 2.75) is 104 Å². The van der Waals surface area contributed by atoms with Gasteiger partial charge in [0.2, 0.25) is 0 Å². The van der Waals surface area contributed by atoms with Gasteiger partial charge in [-0.15, -0.1) is 0 Å². The van der Waals surface area contributed by atoms with Gasteiger partial charge in [0.15, 0.2) is 0 Å². The van der Waals surface area contributed by atoms with Crippen molar-refractivity contribution < 1.29 is 0 Å². The molecule has 0 aliphatic carbocycles. The quantitative estimate of drug-likeness (QED) is 0.142. The van der Waals surface area contributed by atoms with Gasteiger partial charge in [0, 0.05) is 43.1 Å². The van der Waals surface area contributed by atoms with Crippen LogP contribution in [0.15, 0.2) is 194 Å². The standard InChI is InChI=1S/C81H67N3/c1-45(2)52-16-20-56-40-75-67(32-60(56)28-52)71-36-64(50-14-12-49(44-82)13-15-50)37-72-69-34-62-30-54(18-22-58(62)42-77(69)83(75)79(71)72)47(5)10-11-48(6)55-19-23-59-43-78-70(35-63(59)31-55)74-39-65(51-24-26-66(27-25-51)81(7,8)9)38-73-68-33-61-29-53(46(3)4)17-21-57(61)41-76(68)84(78)80(73)74/h12-43,45-48H,10-11H2,1-9H3. The first-order chi connectivity index (χ1) is 40.6. The molecule has 0 spiro atoms. The summed E-state index contributed by atoms with van der Waals surface area (Å²) in [5.74, 6) is 1.71. The van der Waals surface area contributed by atoms with Gasteiger partial charge >= 0.3 is 0 Å². The monoisotopic (exact) mass is 1080 g/mol. The van der Waals surface area contributed by atoms with E-state index in [-0.39, 0.29) is 5.41 Å². The first kappa shape index (κ1) is 50.5. The Bertz CT molecular complexity index is 5440. The largest absolute Gasteiger partial charge is 0.308 e. The van der Waals surface area contributed by atoms with Crippen LogP contribution in [0, 0.1) is 11.3 Å². The number of rotatable bonds is 9. The molecule has 2 atom stereocenters. The number of nitrogens with zero attached hydrogens (tertiary/aromatic N) is 3. The zero-order valence-electron chi connectivity index (χ0n) is 49.5. The number of hydrogen-bond donors (Lipinski definition) is 0. The van der Waals surface area contributed by atoms with Crippen LogP contribution in [0.4, 0.5) is 0 Å². The van der Waals surface area contributed by atoms with Crippen LogP contribution in [-0.2, 0) is 5.41 Å². The average Bonchev–Trinajstić information content (AvgIpc) is 1.80. The van der Waals surface area contributed by atoms with Crippen LogP contribution in [0.2, 0.25) is 0 Å². The molecular formula is C81H67N3. The molecule has 4 heterocycles. The lowest BCUT2D eigenvalue weighted by Gasteiger charge is -2.19. The topological polar surface area (TPSA) is 32.6 Å². The van der Waals surface area contributed by atoms with E-state index in [2.05, 4.69) is 259 Å². The predicted molar refractivity (Wildman–Crippen MR) is 361 cm³/mol. The third-order valence-corrected chi connectivity index (χ3v) is 19.6. The molecule has 2 unspecified atom stereocenters. The normalized spacial score (nSPS) is 13.5. The van der Waals surface area contributed by atoms with Crippen LogP contribution < -0.4 is 0 Å². The molecule has 16 rings (SSSR count). The Morgan fingerprint density at radius 1 is 0.333 bits per heavy atom. The number of hydrogen-bond acceptors (Lipinski definition) is 1. The highest BCUT2D eigenvalue weighted by Gasteiger charge is 2.24. The second-order valence-electron chi connectivity index (χ2n) is 26.6. The van der Waals surface area contributed by atoms with Crippen molar-refractivity contribution in [2.75, 3.05) is 0 Å². The van der Waals surface area contributed by atoms with Crippen LogP contribution in [-0.4, -0.2) is 8.80 Å². The van der Waals surface area contributed by atoms with E-state index in [4.69, 9.17) is 0 Å². The van der Waals surface area contributed by atoms with Crippen LogP contribution in [0.25, 0.3) is 142 Å². The van der Waals surface area contributed by atoms with E-state index in [1.165, 1.54) is 164 Å². The molecule has 0 radical (unpaired) electrons. The van der Waals surface area contributed by atoms with Crippen molar-refractivity contribution in [3.63, 3.8) is 0 Å². The van der Waals surface area contributed by atoms with Gasteiger partial charge in [0.05, 0.1) is 44.7 Å². The summed E-state index contributed by atoms with van der Waals surface area (Å²) in [6, 6.07) is 77.3. The summed E-state index contributed by atoms with van der Waals surface area (Å²) >= 11 is 0. The fourth-order valence-electron chi connectivity index (χ4n) is 14.5. The zero-order valence-corrected chi connectivity index (χ0v) is 49.5. The highest BCUT2D eigenvalue weighted by atomic mass is 14.9. The van der Waals surface area contributed by atoms with E-state index in [9.17, 15) is 5.26 Å². The van der Waals surface area contributed by atoms with Gasteiger partial charge < -0.3 is 8.80 Å². The molecule has 0 aliphatic heterocycles. The lowest BCUT2D eigenvalue weighted by molar-refractivity contribution is 0.574. The molecule has 0 bridgehead atoms. The third kappa shape index (κ3) is 7.76. The molecule has 0 N–H and O–H groups in total. The van der Waals surface area contributed by atoms with E-state index in [0.717, 1.165) is 18.4 Å². The number of nitriles is 1. The first-order valence-electron chi connectivity index (χ1n) is 30.5. The minimum Gasteiger partial charge on any atom is -0.308 e. The van der Waals surface area contributed by atoms with Crippen molar-refractivity contribution in [1.82, 2.24) is 8.80 Å². The molecule has 4 aromatic heterocycles. The maximum atomic E-state index is 9.65. The van der Waals surface area contributed by atoms with E-state index in [0.29, 0.717) is 29.2 Å². The number of fused-ring (bicyclic) bond motifs is 16. The summed E-state index contributed by atoms with van der Waals surface area (Å²) in [4.78, 5) is 0. The number of benzene rings is 12. The molecule has 0 fully saturated rings. The minimum absolute atomic E-state index is 0.0908. The molecule has 16 aromatic rings. The van der Waals surface area contributed by atoms with Crippen molar-refractivity contribution >= 4 is 119 Å². The third-order valence-electron chi connectivity index (χ3n) is 19.6. The van der Waals surface area contributed by atoms with Crippen LogP contribution in [0.5, 0.6) is 0 Å². The Morgan fingerprint density at radius 2 is 0.655 bits per heavy atom. The molecule has 0 saturated carbocycles.